The second-order valence-corrected chi connectivity index (χ2v) is 6.60. The average molecular weight is 352 g/mol. The maximum Gasteiger partial charge on any atom is 0.355 e. The van der Waals surface area contributed by atoms with E-state index in [9.17, 15) is 4.79 Å². The first-order chi connectivity index (χ1) is 11.6. The number of methoxy groups -OCH3 is 1. The summed E-state index contributed by atoms with van der Waals surface area (Å²) < 4.78 is 4.67. The Hall–Kier alpha value is -1.63. The number of oxime groups is 1. The van der Waals surface area contributed by atoms with Gasteiger partial charge >= 0.3 is 5.97 Å². The minimum absolute atomic E-state index is 0.0569. The van der Waals surface area contributed by atoms with Gasteiger partial charge in [0.1, 0.15) is 6.10 Å². The topological polar surface area (TPSA) is 54.4 Å². The van der Waals surface area contributed by atoms with Gasteiger partial charge in [-0.3, -0.25) is 9.80 Å². The molecule has 1 fully saturated rings. The lowest BCUT2D eigenvalue weighted by atomic mass is 10.1. The Bertz CT molecular complexity index is 615. The highest BCUT2D eigenvalue weighted by Crippen LogP contribution is 2.16. The van der Waals surface area contributed by atoms with Gasteiger partial charge in [0.05, 0.1) is 7.11 Å². The van der Waals surface area contributed by atoms with E-state index in [4.69, 9.17) is 16.4 Å². The highest BCUT2D eigenvalue weighted by atomic mass is 35.5. The molecule has 0 aliphatic carbocycles. The average Bonchev–Trinajstić information content (AvgIpc) is 3.04. The normalized spacial score (nSPS) is 22.1. The largest absolute Gasteiger partial charge is 0.464 e. The second-order valence-electron chi connectivity index (χ2n) is 6.17. The number of benzene rings is 1. The van der Waals surface area contributed by atoms with Crippen LogP contribution in [0.3, 0.4) is 0 Å². The van der Waals surface area contributed by atoms with E-state index in [0.29, 0.717) is 12.1 Å². The van der Waals surface area contributed by atoms with E-state index >= 15 is 0 Å². The molecule has 7 heteroatoms. The zero-order valence-electron chi connectivity index (χ0n) is 13.8. The lowest BCUT2D eigenvalue weighted by molar-refractivity contribution is -0.132. The standard InChI is InChI=1S/C17H22ClN3O3/c1-23-17(22)16-10-15(24-19-16)12-21-7-5-20(6-8-21)11-13-3-2-4-14(18)9-13/h2-4,9,15H,5-8,10-12H2,1H3/t15-/m1/s1. The molecule has 0 aromatic heterocycles. The van der Waals surface area contributed by atoms with Gasteiger partial charge in [0.15, 0.2) is 5.71 Å². The number of esters is 1. The molecule has 0 amide bonds. The zero-order valence-corrected chi connectivity index (χ0v) is 14.5. The van der Waals surface area contributed by atoms with Crippen LogP contribution in [-0.4, -0.2) is 67.4 Å². The van der Waals surface area contributed by atoms with Crippen molar-refractivity contribution in [3.05, 3.63) is 34.9 Å². The van der Waals surface area contributed by atoms with Crippen molar-refractivity contribution in [3.63, 3.8) is 0 Å². The fourth-order valence-corrected chi connectivity index (χ4v) is 3.29. The molecular weight excluding hydrogens is 330 g/mol. The zero-order chi connectivity index (χ0) is 16.9. The van der Waals surface area contributed by atoms with Gasteiger partial charge in [0.2, 0.25) is 0 Å². The van der Waals surface area contributed by atoms with Crippen molar-refractivity contribution >= 4 is 23.3 Å². The van der Waals surface area contributed by atoms with E-state index in [-0.39, 0.29) is 6.10 Å². The summed E-state index contributed by atoms with van der Waals surface area (Å²) in [5.74, 6) is -0.399. The maximum absolute atomic E-state index is 11.4. The van der Waals surface area contributed by atoms with Gasteiger partial charge in [0, 0.05) is 50.7 Å². The predicted molar refractivity (Wildman–Crippen MR) is 92.1 cm³/mol. The third kappa shape index (κ3) is 4.47. The summed E-state index contributed by atoms with van der Waals surface area (Å²) in [6.45, 7) is 5.68. The fraction of sp³-hybridized carbons (Fsp3) is 0.529. The number of carbonyl (C=O) groups excluding carboxylic acids is 1. The molecule has 0 unspecified atom stereocenters. The lowest BCUT2D eigenvalue weighted by Crippen LogP contribution is -2.48. The molecule has 0 spiro atoms. The number of hydrogen-bond acceptors (Lipinski definition) is 6. The van der Waals surface area contributed by atoms with Gasteiger partial charge in [-0.15, -0.1) is 0 Å². The Morgan fingerprint density at radius 2 is 2.08 bits per heavy atom. The molecule has 6 nitrogen and oxygen atoms in total. The SMILES string of the molecule is COC(=O)C1=NO[C@@H](CN2CCN(Cc3cccc(Cl)c3)CC2)C1. The highest BCUT2D eigenvalue weighted by molar-refractivity contribution is 6.36. The molecule has 2 aliphatic rings. The van der Waals surface area contributed by atoms with Crippen molar-refractivity contribution in [2.45, 2.75) is 19.1 Å². The molecular formula is C17H22ClN3O3. The molecule has 1 aromatic rings. The summed E-state index contributed by atoms with van der Waals surface area (Å²) in [6, 6.07) is 8.02. The van der Waals surface area contributed by atoms with Crippen LogP contribution in [0.25, 0.3) is 0 Å². The fourth-order valence-electron chi connectivity index (χ4n) is 3.08. The van der Waals surface area contributed by atoms with Crippen LogP contribution in [0.2, 0.25) is 5.02 Å². The Labute approximate surface area is 146 Å². The first kappa shape index (κ1) is 17.2. The predicted octanol–water partition coefficient (Wildman–Crippen LogP) is 1.78. The van der Waals surface area contributed by atoms with E-state index in [1.54, 1.807) is 0 Å². The smallest absolute Gasteiger partial charge is 0.355 e. The van der Waals surface area contributed by atoms with Crippen molar-refractivity contribution in [2.75, 3.05) is 39.8 Å². The molecule has 2 aliphatic heterocycles. The molecule has 1 saturated heterocycles. The Morgan fingerprint density at radius 3 is 2.79 bits per heavy atom. The summed E-state index contributed by atoms with van der Waals surface area (Å²) in [4.78, 5) is 21.6. The summed E-state index contributed by atoms with van der Waals surface area (Å²) >= 11 is 6.04. The Kier molecular flexibility index (Phi) is 5.71. The molecule has 0 radical (unpaired) electrons. The number of halogens is 1. The van der Waals surface area contributed by atoms with Crippen LogP contribution in [0.15, 0.2) is 29.4 Å². The third-order valence-electron chi connectivity index (χ3n) is 4.38. The first-order valence-corrected chi connectivity index (χ1v) is 8.52. The van der Waals surface area contributed by atoms with Crippen LogP contribution < -0.4 is 0 Å². The quantitative estimate of drug-likeness (QED) is 0.757. The summed E-state index contributed by atoms with van der Waals surface area (Å²) in [5, 5.41) is 4.61. The molecule has 3 rings (SSSR count). The minimum atomic E-state index is -0.399. The van der Waals surface area contributed by atoms with Gasteiger partial charge in [-0.05, 0) is 17.7 Å². The maximum atomic E-state index is 11.4. The first-order valence-electron chi connectivity index (χ1n) is 8.14. The minimum Gasteiger partial charge on any atom is -0.464 e. The van der Waals surface area contributed by atoms with Crippen LogP contribution in [-0.2, 0) is 20.9 Å². The summed E-state index contributed by atoms with van der Waals surface area (Å²) in [7, 11) is 1.36. The van der Waals surface area contributed by atoms with Crippen LogP contribution in [0.4, 0.5) is 0 Å². The lowest BCUT2D eigenvalue weighted by Gasteiger charge is -2.35. The summed E-state index contributed by atoms with van der Waals surface area (Å²) in [6.07, 6.45) is 0.466. The Morgan fingerprint density at radius 1 is 1.33 bits per heavy atom. The van der Waals surface area contributed by atoms with Crippen molar-refractivity contribution in [1.29, 1.82) is 0 Å². The van der Waals surface area contributed by atoms with E-state index in [1.165, 1.54) is 12.7 Å². The van der Waals surface area contributed by atoms with Crippen molar-refractivity contribution in [1.82, 2.24) is 9.80 Å². The van der Waals surface area contributed by atoms with Gasteiger partial charge in [0.25, 0.3) is 0 Å². The molecule has 0 N–H and O–H groups in total. The van der Waals surface area contributed by atoms with Gasteiger partial charge in [-0.2, -0.15) is 0 Å². The van der Waals surface area contributed by atoms with Crippen molar-refractivity contribution in [2.24, 2.45) is 5.16 Å². The van der Waals surface area contributed by atoms with Gasteiger partial charge in [-0.1, -0.05) is 28.9 Å². The number of rotatable bonds is 5. The Balaban J connectivity index is 1.41. The number of piperazine rings is 1. The number of ether oxygens (including phenoxy) is 1. The van der Waals surface area contributed by atoms with Crippen LogP contribution in [0.5, 0.6) is 0 Å². The van der Waals surface area contributed by atoms with Gasteiger partial charge < -0.3 is 9.57 Å². The van der Waals surface area contributed by atoms with Crippen LogP contribution in [0.1, 0.15) is 12.0 Å². The molecule has 2 heterocycles. The number of nitrogens with zero attached hydrogens (tertiary/aromatic N) is 3. The number of carbonyl (C=O) groups is 1. The molecule has 1 aromatic carbocycles. The monoisotopic (exact) mass is 351 g/mol. The van der Waals surface area contributed by atoms with Gasteiger partial charge in [-0.25, -0.2) is 4.79 Å². The van der Waals surface area contributed by atoms with Crippen LogP contribution >= 0.6 is 11.6 Å². The molecule has 1 atom stereocenters. The third-order valence-corrected chi connectivity index (χ3v) is 4.61. The molecule has 130 valence electrons. The van der Waals surface area contributed by atoms with E-state index < -0.39 is 5.97 Å². The van der Waals surface area contributed by atoms with E-state index in [2.05, 4.69) is 25.8 Å². The summed E-state index contributed by atoms with van der Waals surface area (Å²) in [5.41, 5.74) is 1.62. The molecule has 0 bridgehead atoms. The molecule has 0 saturated carbocycles. The van der Waals surface area contributed by atoms with Crippen molar-refractivity contribution in [3.8, 4) is 0 Å². The molecule has 24 heavy (non-hydrogen) atoms. The second kappa shape index (κ2) is 7.96. The number of hydrogen-bond donors (Lipinski definition) is 0. The van der Waals surface area contributed by atoms with E-state index in [1.807, 2.05) is 18.2 Å². The van der Waals surface area contributed by atoms with E-state index in [0.717, 1.165) is 44.3 Å². The van der Waals surface area contributed by atoms with Crippen LogP contribution in [0, 0.1) is 0 Å². The highest BCUT2D eigenvalue weighted by Gasteiger charge is 2.29. The van der Waals surface area contributed by atoms with Crippen molar-refractivity contribution < 1.29 is 14.4 Å².